The van der Waals surface area contributed by atoms with E-state index in [1.807, 2.05) is 53.4 Å². The molecule has 1 aliphatic heterocycles. The predicted molar refractivity (Wildman–Crippen MR) is 138 cm³/mol. The second-order valence-electron chi connectivity index (χ2n) is 8.77. The van der Waals surface area contributed by atoms with E-state index >= 15 is 0 Å². The van der Waals surface area contributed by atoms with Gasteiger partial charge in [-0.15, -0.1) is 0 Å². The first-order valence-electron chi connectivity index (χ1n) is 11.8. The van der Waals surface area contributed by atoms with Crippen LogP contribution in [0, 0.1) is 0 Å². The van der Waals surface area contributed by atoms with Crippen molar-refractivity contribution in [1.82, 2.24) is 14.8 Å². The average Bonchev–Trinajstić information content (AvgIpc) is 3.37. The van der Waals surface area contributed by atoms with E-state index in [0.717, 1.165) is 42.9 Å². The molecule has 2 aromatic carbocycles. The van der Waals surface area contributed by atoms with E-state index in [9.17, 15) is 4.79 Å². The number of fused-ring (bicyclic) bond motifs is 1. The zero-order valence-electron chi connectivity index (χ0n) is 20.9. The van der Waals surface area contributed by atoms with Crippen molar-refractivity contribution in [3.63, 3.8) is 0 Å². The molecule has 36 heavy (non-hydrogen) atoms. The van der Waals surface area contributed by atoms with E-state index in [4.69, 9.17) is 18.6 Å². The van der Waals surface area contributed by atoms with Gasteiger partial charge < -0.3 is 28.4 Å². The Kier molecular flexibility index (Phi) is 6.52. The van der Waals surface area contributed by atoms with Crippen molar-refractivity contribution in [2.75, 3.05) is 54.6 Å². The maximum atomic E-state index is 13.2. The van der Waals surface area contributed by atoms with Gasteiger partial charge in [-0.1, -0.05) is 12.1 Å². The van der Waals surface area contributed by atoms with Gasteiger partial charge in [0.1, 0.15) is 11.3 Å². The number of pyridine rings is 1. The molecule has 0 radical (unpaired) electrons. The minimum absolute atomic E-state index is 0.0489. The molecule has 1 aliphatic rings. The van der Waals surface area contributed by atoms with E-state index in [-0.39, 0.29) is 5.91 Å². The summed E-state index contributed by atoms with van der Waals surface area (Å²) in [7, 11) is 6.80. The third-order valence-corrected chi connectivity index (χ3v) is 6.57. The Hall–Kier alpha value is -4.04. The van der Waals surface area contributed by atoms with Crippen LogP contribution in [0.25, 0.3) is 33.6 Å². The van der Waals surface area contributed by atoms with E-state index in [2.05, 4.69) is 16.9 Å². The monoisotopic (exact) mass is 487 g/mol. The van der Waals surface area contributed by atoms with Crippen molar-refractivity contribution in [3.05, 3.63) is 60.3 Å². The molecule has 0 spiro atoms. The summed E-state index contributed by atoms with van der Waals surface area (Å²) in [4.78, 5) is 21.8. The molecule has 3 heterocycles. The summed E-state index contributed by atoms with van der Waals surface area (Å²) < 4.78 is 22.8. The number of carbonyl (C=O) groups is 1. The molecule has 4 aromatic rings. The topological polar surface area (TPSA) is 77.3 Å². The van der Waals surface area contributed by atoms with Crippen molar-refractivity contribution < 1.29 is 23.4 Å². The summed E-state index contributed by atoms with van der Waals surface area (Å²) in [6.45, 7) is 3.23. The third-order valence-electron chi connectivity index (χ3n) is 6.57. The summed E-state index contributed by atoms with van der Waals surface area (Å²) >= 11 is 0. The van der Waals surface area contributed by atoms with Crippen LogP contribution >= 0.6 is 0 Å². The lowest BCUT2D eigenvalue weighted by Crippen LogP contribution is -2.47. The zero-order chi connectivity index (χ0) is 25.2. The molecular formula is C28H29N3O5. The van der Waals surface area contributed by atoms with Crippen molar-refractivity contribution in [2.45, 2.75) is 0 Å². The summed E-state index contributed by atoms with van der Waals surface area (Å²) in [5.74, 6) is 2.26. The number of aromatic nitrogens is 1. The van der Waals surface area contributed by atoms with Gasteiger partial charge in [0.05, 0.1) is 21.3 Å². The minimum Gasteiger partial charge on any atom is -0.493 e. The lowest BCUT2D eigenvalue weighted by molar-refractivity contribution is 0.0664. The first-order chi connectivity index (χ1) is 17.5. The first kappa shape index (κ1) is 23.7. The maximum Gasteiger partial charge on any atom is 0.253 e. The Bertz CT molecular complexity index is 1380. The Morgan fingerprint density at radius 3 is 2.28 bits per heavy atom. The number of piperazine rings is 1. The van der Waals surface area contributed by atoms with E-state index in [1.54, 1.807) is 27.5 Å². The Balaban J connectivity index is 1.53. The highest BCUT2D eigenvalue weighted by atomic mass is 16.5. The number of amides is 1. The quantitative estimate of drug-likeness (QED) is 0.394. The molecule has 0 unspecified atom stereocenters. The highest BCUT2D eigenvalue weighted by molar-refractivity contribution is 5.98. The lowest BCUT2D eigenvalue weighted by atomic mass is 10.0. The normalized spacial score (nSPS) is 14.2. The van der Waals surface area contributed by atoms with Crippen LogP contribution in [0.2, 0.25) is 0 Å². The van der Waals surface area contributed by atoms with Crippen LogP contribution in [0.5, 0.6) is 17.2 Å². The van der Waals surface area contributed by atoms with Crippen LogP contribution in [0.15, 0.2) is 59.1 Å². The van der Waals surface area contributed by atoms with E-state index in [1.165, 1.54) is 0 Å². The molecule has 1 amide bonds. The van der Waals surface area contributed by atoms with Crippen molar-refractivity contribution in [2.24, 2.45) is 0 Å². The van der Waals surface area contributed by atoms with E-state index < -0.39 is 0 Å². The van der Waals surface area contributed by atoms with E-state index in [0.29, 0.717) is 39.7 Å². The molecule has 0 bridgehead atoms. The van der Waals surface area contributed by atoms with Crippen LogP contribution < -0.4 is 14.2 Å². The Labute approximate surface area is 210 Å². The number of likely N-dealkylation sites (N-methyl/N-ethyl adjacent to an activating group) is 1. The van der Waals surface area contributed by atoms with Crippen LogP contribution in [0.1, 0.15) is 10.4 Å². The number of hydrogen-bond donors (Lipinski definition) is 0. The standard InChI is InChI=1S/C28H29N3O5/c1-30-10-12-31(13-11-30)28(32)19-7-5-6-18(14-19)21-8-9-29-22-17-23(36-26(21)22)20-15-24(33-2)27(35-4)25(16-20)34-3/h5-9,14-17H,10-13H2,1-4H3. The predicted octanol–water partition coefficient (Wildman–Crippen LogP) is 4.58. The second kappa shape index (κ2) is 9.91. The van der Waals surface area contributed by atoms with Crippen molar-refractivity contribution in [3.8, 4) is 39.7 Å². The number of rotatable bonds is 6. The van der Waals surface area contributed by atoms with Gasteiger partial charge in [-0.3, -0.25) is 9.78 Å². The van der Waals surface area contributed by atoms with Crippen LogP contribution in [0.3, 0.4) is 0 Å². The fraction of sp³-hybridized carbons (Fsp3) is 0.286. The van der Waals surface area contributed by atoms with Gasteiger partial charge in [-0.2, -0.15) is 0 Å². The molecular weight excluding hydrogens is 458 g/mol. The smallest absolute Gasteiger partial charge is 0.253 e. The number of carbonyl (C=O) groups excluding carboxylic acids is 1. The van der Waals surface area contributed by atoms with Crippen LogP contribution in [0.4, 0.5) is 0 Å². The third kappa shape index (κ3) is 4.35. The van der Waals surface area contributed by atoms with Gasteiger partial charge >= 0.3 is 0 Å². The number of benzene rings is 2. The van der Waals surface area contributed by atoms with Gasteiger partial charge in [-0.05, 0) is 42.9 Å². The van der Waals surface area contributed by atoms with Crippen LogP contribution in [-0.2, 0) is 0 Å². The van der Waals surface area contributed by atoms with Crippen molar-refractivity contribution >= 4 is 17.0 Å². The number of ether oxygens (including phenoxy) is 3. The molecule has 8 nitrogen and oxygen atoms in total. The molecule has 5 rings (SSSR count). The molecule has 1 fully saturated rings. The molecule has 0 saturated carbocycles. The number of nitrogens with zero attached hydrogens (tertiary/aromatic N) is 3. The second-order valence-corrected chi connectivity index (χ2v) is 8.77. The van der Waals surface area contributed by atoms with Gasteiger partial charge in [0.15, 0.2) is 17.1 Å². The molecule has 2 aromatic heterocycles. The molecule has 0 N–H and O–H groups in total. The lowest BCUT2D eigenvalue weighted by Gasteiger charge is -2.32. The molecule has 0 atom stereocenters. The summed E-state index contributed by atoms with van der Waals surface area (Å²) in [5.41, 5.74) is 4.56. The van der Waals surface area contributed by atoms with Crippen LogP contribution in [-0.4, -0.2) is 75.2 Å². The highest BCUT2D eigenvalue weighted by Crippen LogP contribution is 2.42. The fourth-order valence-corrected chi connectivity index (χ4v) is 4.54. The average molecular weight is 488 g/mol. The Morgan fingerprint density at radius 2 is 1.61 bits per heavy atom. The molecule has 186 valence electrons. The number of furan rings is 1. The maximum absolute atomic E-state index is 13.2. The summed E-state index contributed by atoms with van der Waals surface area (Å²) in [6.07, 6.45) is 1.75. The summed E-state index contributed by atoms with van der Waals surface area (Å²) in [5, 5.41) is 0. The van der Waals surface area contributed by atoms with Crippen molar-refractivity contribution in [1.29, 1.82) is 0 Å². The molecule has 8 heteroatoms. The molecule has 0 aliphatic carbocycles. The first-order valence-corrected chi connectivity index (χ1v) is 11.8. The zero-order valence-corrected chi connectivity index (χ0v) is 20.9. The fourth-order valence-electron chi connectivity index (χ4n) is 4.54. The Morgan fingerprint density at radius 1 is 0.889 bits per heavy atom. The highest BCUT2D eigenvalue weighted by Gasteiger charge is 2.22. The molecule has 1 saturated heterocycles. The number of methoxy groups -OCH3 is 3. The van der Waals surface area contributed by atoms with Gasteiger partial charge in [0.2, 0.25) is 5.75 Å². The van der Waals surface area contributed by atoms with Gasteiger partial charge in [0, 0.05) is 55.1 Å². The number of hydrogen-bond acceptors (Lipinski definition) is 7. The largest absolute Gasteiger partial charge is 0.493 e. The van der Waals surface area contributed by atoms with Gasteiger partial charge in [0.25, 0.3) is 5.91 Å². The van der Waals surface area contributed by atoms with Gasteiger partial charge in [-0.25, -0.2) is 0 Å². The summed E-state index contributed by atoms with van der Waals surface area (Å²) in [6, 6.07) is 15.2. The minimum atomic E-state index is 0.0489. The SMILES string of the molecule is COc1cc(-c2cc3nccc(-c4cccc(C(=O)N5CCN(C)CC5)c4)c3o2)cc(OC)c1OC.